The van der Waals surface area contributed by atoms with Crippen LogP contribution in [0, 0.1) is 175 Å². The fraction of sp³-hybridized carbons (Fsp3) is 1.00. The van der Waals surface area contributed by atoms with E-state index in [-0.39, 0.29) is 0 Å². The molecule has 0 aromatic rings. The maximum absolute atomic E-state index is 4.05. The minimum absolute atomic E-state index is 0.383. The molecule has 4 heteroatoms. The highest BCUT2D eigenvalue weighted by Crippen LogP contribution is 2.72. The molecule has 3 aliphatic heterocycles. The van der Waals surface area contributed by atoms with Gasteiger partial charge in [0.25, 0.3) is 0 Å². The Morgan fingerprint density at radius 3 is 1.04 bits per heavy atom. The summed E-state index contributed by atoms with van der Waals surface area (Å²) in [5, 5.41) is 0. The largest absolute Gasteiger partial charge is 0.295 e. The Morgan fingerprint density at radius 2 is 0.580 bits per heavy atom. The van der Waals surface area contributed by atoms with Crippen molar-refractivity contribution < 1.29 is 0 Å². The van der Waals surface area contributed by atoms with Gasteiger partial charge < -0.3 is 0 Å². The molecule has 0 bridgehead atoms. The molecule has 3 saturated heterocycles. The van der Waals surface area contributed by atoms with Gasteiger partial charge in [-0.05, 0) is 353 Å². The summed E-state index contributed by atoms with van der Waals surface area (Å²) in [6.45, 7) is 41.9. The van der Waals surface area contributed by atoms with Gasteiger partial charge in [0.05, 0.1) is 0 Å². The van der Waals surface area contributed by atoms with E-state index < -0.39 is 0 Å². The van der Waals surface area contributed by atoms with Gasteiger partial charge in [-0.2, -0.15) is 0 Å². The highest BCUT2D eigenvalue weighted by Gasteiger charge is 2.71. The Labute approximate surface area is 695 Å². The zero-order chi connectivity index (χ0) is 77.2. The fourth-order valence-corrected chi connectivity index (χ4v) is 38.5. The quantitative estimate of drug-likeness (QED) is 0.213. The van der Waals surface area contributed by atoms with Crippen molar-refractivity contribution in [3.8, 4) is 0 Å². The van der Waals surface area contributed by atoms with Gasteiger partial charge in [-0.25, -0.2) is 0 Å². The molecule has 19 aliphatic rings. The third-order valence-electron chi connectivity index (χ3n) is 43.8. The maximum Gasteiger partial charge on any atom is 0.156 e. The second kappa shape index (κ2) is 32.2. The van der Waals surface area contributed by atoms with Crippen molar-refractivity contribution >= 4 is 6.71 Å². The molecule has 19 fully saturated rings. The minimum Gasteiger partial charge on any atom is -0.295 e. The standard InChI is InChI=1S/C108H184BN3/c1-104(2,3)77-49-46-67(47-50-77)75-59-97-101-98(60-75)112(103-88(70-36-24-18-25-37-70)63-81(108(13,14)15)64-89(103)71-38-26-19-27-39-71)96-66-82(110-93-42-30-28-40-83(93)84-41-29-31-43-94(84)110)51-52-91(96)109(101)92-58-72(85-57-76-56-78(105(4,5)6)54-73-44-45-74-55-79(106(7,8)9)65-90(85)100(74)99(73)76)48-53-95(92)111(97)102-86(68-32-20-16-21-33-68)61-80(107(10,11)12)62-87(102)69-34-22-17-23-35-69/h67-103H,16-66H2,1-15H3. The van der Waals surface area contributed by atoms with E-state index in [1.54, 1.807) is 212 Å². The lowest BCUT2D eigenvalue weighted by Gasteiger charge is -2.73. The molecule has 0 spiro atoms. The average Bonchev–Trinajstić information content (AvgIpc) is 0.815. The molecule has 112 heavy (non-hydrogen) atoms. The van der Waals surface area contributed by atoms with Crippen molar-refractivity contribution in [1.29, 1.82) is 0 Å². The van der Waals surface area contributed by atoms with Crippen molar-refractivity contribution in [1.82, 2.24) is 14.7 Å². The molecule has 27 atom stereocenters. The summed E-state index contributed by atoms with van der Waals surface area (Å²) >= 11 is 0. The first-order valence-corrected chi connectivity index (χ1v) is 53.0. The smallest absolute Gasteiger partial charge is 0.156 e. The van der Waals surface area contributed by atoms with E-state index in [0.717, 1.165) is 226 Å². The number of nitrogens with zero attached hydrogens (tertiary/aromatic N) is 3. The predicted octanol–water partition coefficient (Wildman–Crippen LogP) is 29.6. The Bertz CT molecular complexity index is 3000. The van der Waals surface area contributed by atoms with Crippen LogP contribution in [-0.4, -0.2) is 75.8 Å². The molecule has 3 heterocycles. The van der Waals surface area contributed by atoms with Crippen LogP contribution in [0.3, 0.4) is 0 Å². The molecule has 3 nitrogen and oxygen atoms in total. The van der Waals surface area contributed by atoms with E-state index in [1.165, 1.54) is 116 Å². The van der Waals surface area contributed by atoms with Crippen molar-refractivity contribution in [3.63, 3.8) is 0 Å². The van der Waals surface area contributed by atoms with Crippen molar-refractivity contribution in [2.75, 3.05) is 0 Å². The van der Waals surface area contributed by atoms with Gasteiger partial charge in [0.2, 0.25) is 0 Å². The molecule has 0 amide bonds. The van der Waals surface area contributed by atoms with E-state index >= 15 is 0 Å². The summed E-state index contributed by atoms with van der Waals surface area (Å²) in [7, 11) is 0. The molecule has 0 radical (unpaired) electrons. The van der Waals surface area contributed by atoms with Crippen molar-refractivity contribution in [3.05, 3.63) is 0 Å². The molecule has 634 valence electrons. The average molecular weight is 1540 g/mol. The topological polar surface area (TPSA) is 9.72 Å². The molecule has 0 N–H and O–H groups in total. The van der Waals surface area contributed by atoms with Gasteiger partial charge in [0.15, 0.2) is 6.71 Å². The van der Waals surface area contributed by atoms with Gasteiger partial charge in [-0.1, -0.05) is 271 Å². The molecular weight excluding hydrogens is 1350 g/mol. The van der Waals surface area contributed by atoms with Gasteiger partial charge in [-0.15, -0.1) is 0 Å². The highest BCUT2D eigenvalue weighted by molar-refractivity contribution is 6.65. The summed E-state index contributed by atoms with van der Waals surface area (Å²) in [5.74, 6) is 26.5. The summed E-state index contributed by atoms with van der Waals surface area (Å²) < 4.78 is 0. The first kappa shape index (κ1) is 81.6. The van der Waals surface area contributed by atoms with E-state index in [9.17, 15) is 0 Å². The third kappa shape index (κ3) is 15.2. The molecule has 16 saturated carbocycles. The Morgan fingerprint density at radius 1 is 0.196 bits per heavy atom. The molecule has 27 unspecified atom stereocenters. The monoisotopic (exact) mass is 1530 g/mol. The van der Waals surface area contributed by atoms with Crippen molar-refractivity contribution in [2.45, 2.75) is 503 Å². The number of fused-ring (bicyclic) bond motifs is 7. The van der Waals surface area contributed by atoms with E-state index in [1.807, 2.05) is 0 Å². The molecule has 0 aromatic heterocycles. The van der Waals surface area contributed by atoms with Crippen LogP contribution in [0.1, 0.15) is 431 Å². The summed E-state index contributed by atoms with van der Waals surface area (Å²) in [6, 6.07) is 7.48. The van der Waals surface area contributed by atoms with Crippen LogP contribution < -0.4 is 0 Å². The summed E-state index contributed by atoms with van der Waals surface area (Å²) in [4.78, 5) is 11.7. The summed E-state index contributed by atoms with van der Waals surface area (Å²) in [5.41, 5.74) is 2.05. The Hall–Kier alpha value is -0.0551. The number of hydrogen-bond acceptors (Lipinski definition) is 3. The van der Waals surface area contributed by atoms with Crippen LogP contribution in [0.4, 0.5) is 0 Å². The van der Waals surface area contributed by atoms with Crippen LogP contribution in [0.2, 0.25) is 17.5 Å². The number of likely N-dealkylation sites (tertiary alicyclic amines) is 1. The molecule has 0 aromatic carbocycles. The first-order valence-electron chi connectivity index (χ1n) is 53.0. The van der Waals surface area contributed by atoms with Gasteiger partial charge in [-0.3, -0.25) is 14.7 Å². The SMILES string of the molecule is CC(C)(C)C1CCC(C2CC3C4B(C5CC(C6CC7CC(C(C)(C)C)CC8CCC9CC(C(C)(C)C)CC6C9C87)CCC5N3C3C(C5CCCCC5)CC(C(C)(C)C)CC3C3CCCCC3)C3CCC(N5C6CCCCC6C6CCCCC65)CC3N(C3C(C5CCCCC5)CC(C(C)(C)C)CC3C3CCCCC3)C4C2)CC1. The van der Waals surface area contributed by atoms with Gasteiger partial charge >= 0.3 is 0 Å². The normalized spacial score (nSPS) is 49.0. The van der Waals surface area contributed by atoms with Crippen LogP contribution in [0.5, 0.6) is 0 Å². The summed E-state index contributed by atoms with van der Waals surface area (Å²) in [6.07, 6.45) is 79.8. The zero-order valence-electron chi connectivity index (χ0n) is 76.8. The Kier molecular flexibility index (Phi) is 23.5. The van der Waals surface area contributed by atoms with E-state index in [2.05, 4.69) is 119 Å². The van der Waals surface area contributed by atoms with Crippen LogP contribution >= 0.6 is 0 Å². The van der Waals surface area contributed by atoms with Gasteiger partial charge in [0, 0.05) is 54.4 Å². The Balaban J connectivity index is 0.815. The molecular formula is C108H184BN3. The highest BCUT2D eigenvalue weighted by atomic mass is 15.3. The van der Waals surface area contributed by atoms with E-state index in [0.29, 0.717) is 27.1 Å². The minimum atomic E-state index is 0.383. The second-order valence-corrected chi connectivity index (χ2v) is 53.3. The van der Waals surface area contributed by atoms with Crippen LogP contribution in [0.15, 0.2) is 0 Å². The number of rotatable bonds is 9. The fourth-order valence-electron chi connectivity index (χ4n) is 38.5. The lowest BCUT2D eigenvalue weighted by molar-refractivity contribution is -0.158. The zero-order valence-corrected chi connectivity index (χ0v) is 76.8. The predicted molar refractivity (Wildman–Crippen MR) is 477 cm³/mol. The van der Waals surface area contributed by atoms with Crippen LogP contribution in [0.25, 0.3) is 0 Å². The lowest BCUT2D eigenvalue weighted by Crippen LogP contribution is -2.77. The van der Waals surface area contributed by atoms with Crippen molar-refractivity contribution in [2.24, 2.45) is 175 Å². The maximum atomic E-state index is 4.05. The molecule has 16 aliphatic carbocycles. The first-order chi connectivity index (χ1) is 53.7. The number of hydrogen-bond donors (Lipinski definition) is 0. The van der Waals surface area contributed by atoms with Crippen LogP contribution in [-0.2, 0) is 0 Å². The van der Waals surface area contributed by atoms with E-state index in [4.69, 9.17) is 0 Å². The molecule has 19 rings (SSSR count). The lowest BCUT2D eigenvalue weighted by atomic mass is 9.18. The second-order valence-electron chi connectivity index (χ2n) is 53.3. The van der Waals surface area contributed by atoms with Gasteiger partial charge in [0.1, 0.15) is 0 Å². The third-order valence-corrected chi connectivity index (χ3v) is 43.8.